The molecule has 0 unspecified atom stereocenters. The fourth-order valence-corrected chi connectivity index (χ4v) is 3.77. The molecule has 0 bridgehead atoms. The number of ketones is 1. The van der Waals surface area contributed by atoms with E-state index in [4.69, 9.17) is 5.26 Å². The highest BCUT2D eigenvalue weighted by Gasteiger charge is 2.53. The highest BCUT2D eigenvalue weighted by Crippen LogP contribution is 2.54. The quantitative estimate of drug-likeness (QED) is 0.697. The molecule has 2 rings (SSSR count). The predicted molar refractivity (Wildman–Crippen MR) is 63.9 cm³/mol. The van der Waals surface area contributed by atoms with E-state index < -0.39 is 5.41 Å². The van der Waals surface area contributed by atoms with Crippen LogP contribution < -0.4 is 0 Å². The fourth-order valence-electron chi connectivity index (χ4n) is 3.77. The van der Waals surface area contributed by atoms with Crippen LogP contribution in [0, 0.1) is 28.1 Å². The van der Waals surface area contributed by atoms with Crippen LogP contribution in [0.5, 0.6) is 0 Å². The number of aliphatic hydroxyl groups excluding tert-OH is 1. The summed E-state index contributed by atoms with van der Waals surface area (Å²) in [5, 5.41) is 18.9. The molecule has 92 valence electrons. The Morgan fingerprint density at radius 3 is 2.65 bits per heavy atom. The Labute approximate surface area is 102 Å². The number of fused-ring (bicyclic) bond motifs is 1. The number of allylic oxidation sites excluding steroid dienone is 2. The topological polar surface area (TPSA) is 61.1 Å². The molecule has 0 heterocycles. The van der Waals surface area contributed by atoms with Crippen LogP contribution in [0.1, 0.15) is 40.0 Å². The monoisotopic (exact) mass is 233 g/mol. The minimum atomic E-state index is -0.491. The number of rotatable bonds is 0. The van der Waals surface area contributed by atoms with Gasteiger partial charge in [0.1, 0.15) is 6.07 Å². The van der Waals surface area contributed by atoms with Crippen molar-refractivity contribution in [3.63, 3.8) is 0 Å². The molecule has 0 aliphatic heterocycles. The van der Waals surface area contributed by atoms with Gasteiger partial charge in [0.2, 0.25) is 0 Å². The first kappa shape index (κ1) is 12.3. The SMILES string of the molecule is CC1(C)C(=O)C(C#N)=C[C@@]2(C)C[C@H](O)CC[C@H]12. The number of Topliss-reactive ketones (excluding diaryl/α,β-unsaturated/α-hetero) is 1. The van der Waals surface area contributed by atoms with E-state index in [-0.39, 0.29) is 28.8 Å². The second kappa shape index (κ2) is 3.68. The summed E-state index contributed by atoms with van der Waals surface area (Å²) in [6.07, 6.45) is 3.75. The second-order valence-electron chi connectivity index (χ2n) is 6.21. The molecule has 0 spiro atoms. The van der Waals surface area contributed by atoms with Crippen LogP contribution in [0.15, 0.2) is 11.6 Å². The van der Waals surface area contributed by atoms with Crippen molar-refractivity contribution in [3.8, 4) is 6.07 Å². The summed E-state index contributed by atoms with van der Waals surface area (Å²) in [5.74, 6) is 0.182. The molecule has 1 N–H and O–H groups in total. The Kier molecular flexibility index (Phi) is 2.67. The fraction of sp³-hybridized carbons (Fsp3) is 0.714. The van der Waals surface area contributed by atoms with Crippen molar-refractivity contribution >= 4 is 5.78 Å². The van der Waals surface area contributed by atoms with Crippen molar-refractivity contribution in [1.29, 1.82) is 5.26 Å². The maximum absolute atomic E-state index is 12.2. The zero-order chi connectivity index (χ0) is 12.8. The molecule has 0 radical (unpaired) electrons. The molecule has 0 saturated heterocycles. The lowest BCUT2D eigenvalue weighted by molar-refractivity contribution is -0.132. The molecule has 3 nitrogen and oxygen atoms in total. The Morgan fingerprint density at radius 2 is 2.06 bits per heavy atom. The van der Waals surface area contributed by atoms with Gasteiger partial charge in [-0.2, -0.15) is 5.26 Å². The van der Waals surface area contributed by atoms with Crippen molar-refractivity contribution in [1.82, 2.24) is 0 Å². The largest absolute Gasteiger partial charge is 0.393 e. The molecule has 3 atom stereocenters. The van der Waals surface area contributed by atoms with Gasteiger partial charge in [-0.1, -0.05) is 26.8 Å². The summed E-state index contributed by atoms with van der Waals surface area (Å²) in [6.45, 7) is 5.92. The first-order valence-corrected chi connectivity index (χ1v) is 6.17. The normalized spacial score (nSPS) is 40.2. The summed E-state index contributed by atoms with van der Waals surface area (Å²) in [4.78, 5) is 12.2. The first-order valence-electron chi connectivity index (χ1n) is 6.17. The van der Waals surface area contributed by atoms with E-state index in [1.807, 2.05) is 19.9 Å². The minimum Gasteiger partial charge on any atom is -0.393 e. The third-order valence-corrected chi connectivity index (χ3v) is 4.56. The first-order chi connectivity index (χ1) is 7.81. The van der Waals surface area contributed by atoms with Crippen molar-refractivity contribution in [2.75, 3.05) is 0 Å². The Balaban J connectivity index is 2.51. The van der Waals surface area contributed by atoms with E-state index >= 15 is 0 Å². The van der Waals surface area contributed by atoms with Crippen molar-refractivity contribution in [3.05, 3.63) is 11.6 Å². The lowest BCUT2D eigenvalue weighted by Crippen LogP contribution is -2.50. The third-order valence-electron chi connectivity index (χ3n) is 4.56. The van der Waals surface area contributed by atoms with Crippen LogP contribution in [0.25, 0.3) is 0 Å². The molecule has 2 aliphatic carbocycles. The Morgan fingerprint density at radius 1 is 1.41 bits per heavy atom. The van der Waals surface area contributed by atoms with E-state index in [1.54, 1.807) is 6.08 Å². The van der Waals surface area contributed by atoms with Gasteiger partial charge in [0, 0.05) is 5.41 Å². The Hall–Kier alpha value is -1.14. The van der Waals surface area contributed by atoms with Gasteiger partial charge in [0.25, 0.3) is 0 Å². The summed E-state index contributed by atoms with van der Waals surface area (Å²) in [5.41, 5.74) is -0.447. The van der Waals surface area contributed by atoms with Crippen LogP contribution in [-0.2, 0) is 4.79 Å². The lowest BCUT2D eigenvalue weighted by Gasteiger charge is -2.51. The van der Waals surface area contributed by atoms with Gasteiger partial charge in [-0.15, -0.1) is 0 Å². The molecule has 0 aromatic heterocycles. The zero-order valence-corrected chi connectivity index (χ0v) is 10.7. The maximum Gasteiger partial charge on any atom is 0.178 e. The molecule has 17 heavy (non-hydrogen) atoms. The highest BCUT2D eigenvalue weighted by atomic mass is 16.3. The molecule has 0 amide bonds. The van der Waals surface area contributed by atoms with E-state index in [9.17, 15) is 9.90 Å². The molecule has 0 aromatic carbocycles. The Bertz CT molecular complexity index is 430. The van der Waals surface area contributed by atoms with Gasteiger partial charge in [-0.25, -0.2) is 0 Å². The van der Waals surface area contributed by atoms with Crippen LogP contribution in [0.2, 0.25) is 0 Å². The standard InChI is InChI=1S/C14H19NO2/c1-13(2)11-5-4-10(16)7-14(11,3)6-9(8-15)12(13)17/h6,10-11,16H,4-5,7H2,1-3H3/t10-,11-,14+/m1/s1. The number of hydrogen-bond donors (Lipinski definition) is 1. The van der Waals surface area contributed by atoms with E-state index in [0.29, 0.717) is 6.42 Å². The van der Waals surface area contributed by atoms with Crippen LogP contribution >= 0.6 is 0 Å². The summed E-state index contributed by atoms with van der Waals surface area (Å²) >= 11 is 0. The molecule has 1 saturated carbocycles. The highest BCUT2D eigenvalue weighted by molar-refractivity contribution is 6.04. The number of aliphatic hydroxyl groups is 1. The maximum atomic E-state index is 12.2. The lowest BCUT2D eigenvalue weighted by atomic mass is 9.52. The molecule has 0 aromatic rings. The van der Waals surface area contributed by atoms with E-state index in [1.165, 1.54) is 0 Å². The summed E-state index contributed by atoms with van der Waals surface area (Å²) < 4.78 is 0. The van der Waals surface area contributed by atoms with Crippen LogP contribution in [0.4, 0.5) is 0 Å². The average Bonchev–Trinajstić information content (AvgIpc) is 2.23. The van der Waals surface area contributed by atoms with Gasteiger partial charge in [-0.3, -0.25) is 4.79 Å². The van der Waals surface area contributed by atoms with Gasteiger partial charge in [0.05, 0.1) is 11.7 Å². The molecule has 2 aliphatic rings. The summed E-state index contributed by atoms with van der Waals surface area (Å²) in [7, 11) is 0. The number of hydrogen-bond acceptors (Lipinski definition) is 3. The zero-order valence-electron chi connectivity index (χ0n) is 10.7. The minimum absolute atomic E-state index is 0.0427. The second-order valence-corrected chi connectivity index (χ2v) is 6.21. The number of carbonyl (C=O) groups excluding carboxylic acids is 1. The third kappa shape index (κ3) is 1.71. The smallest absolute Gasteiger partial charge is 0.178 e. The van der Waals surface area contributed by atoms with Gasteiger partial charge >= 0.3 is 0 Å². The van der Waals surface area contributed by atoms with Gasteiger partial charge < -0.3 is 5.11 Å². The van der Waals surface area contributed by atoms with E-state index in [2.05, 4.69) is 6.92 Å². The molecule has 3 heteroatoms. The predicted octanol–water partition coefficient (Wildman–Crippen LogP) is 2.21. The average molecular weight is 233 g/mol. The summed E-state index contributed by atoms with van der Waals surface area (Å²) in [6, 6.07) is 2.01. The van der Waals surface area contributed by atoms with Crippen molar-refractivity contribution < 1.29 is 9.90 Å². The number of nitriles is 1. The van der Waals surface area contributed by atoms with Crippen LogP contribution in [-0.4, -0.2) is 17.0 Å². The van der Waals surface area contributed by atoms with Crippen LogP contribution in [0.3, 0.4) is 0 Å². The van der Waals surface area contributed by atoms with Crippen molar-refractivity contribution in [2.24, 2.45) is 16.7 Å². The van der Waals surface area contributed by atoms with Gasteiger partial charge in [0.15, 0.2) is 5.78 Å². The number of carbonyl (C=O) groups is 1. The number of nitrogens with zero attached hydrogens (tertiary/aromatic N) is 1. The van der Waals surface area contributed by atoms with E-state index in [0.717, 1.165) is 12.8 Å². The molecular formula is C14H19NO2. The molecular weight excluding hydrogens is 214 g/mol. The van der Waals surface area contributed by atoms with Gasteiger partial charge in [-0.05, 0) is 30.6 Å². The molecule has 1 fully saturated rings. The van der Waals surface area contributed by atoms with Crippen molar-refractivity contribution in [2.45, 2.75) is 46.1 Å².